The number of carbonyl (C=O) groups excluding carboxylic acids is 2. The van der Waals surface area contributed by atoms with Gasteiger partial charge in [0.05, 0.1) is 5.92 Å². The van der Waals surface area contributed by atoms with E-state index in [0.717, 1.165) is 51.9 Å². The van der Waals surface area contributed by atoms with Crippen LogP contribution in [0.15, 0.2) is 0 Å². The maximum Gasteiger partial charge on any atom is 0.224 e. The molecule has 0 aromatic heterocycles. The third-order valence-electron chi connectivity index (χ3n) is 3.95. The average Bonchev–Trinajstić information content (AvgIpc) is 2.40. The Balaban J connectivity index is 1.73. The van der Waals surface area contributed by atoms with Gasteiger partial charge in [0.15, 0.2) is 0 Å². The topological polar surface area (TPSA) is 61.4 Å². The number of rotatable bonds is 2. The Kier molecular flexibility index (Phi) is 4.58. The summed E-state index contributed by atoms with van der Waals surface area (Å²) in [5, 5.41) is 6.39. The van der Waals surface area contributed by atoms with E-state index < -0.39 is 0 Å². The van der Waals surface area contributed by atoms with Crippen molar-refractivity contribution in [2.75, 3.05) is 26.2 Å². The fourth-order valence-electron chi connectivity index (χ4n) is 2.73. The van der Waals surface area contributed by atoms with Gasteiger partial charge in [-0.3, -0.25) is 9.59 Å². The lowest BCUT2D eigenvalue weighted by Crippen LogP contribution is -2.49. The molecule has 2 N–H and O–H groups in total. The number of hydrogen-bond donors (Lipinski definition) is 2. The summed E-state index contributed by atoms with van der Waals surface area (Å²) in [6, 6.07) is 0.245. The van der Waals surface area contributed by atoms with Crippen molar-refractivity contribution in [2.24, 2.45) is 5.92 Å². The van der Waals surface area contributed by atoms with Crippen LogP contribution in [0, 0.1) is 5.92 Å². The highest BCUT2D eigenvalue weighted by Crippen LogP contribution is 2.14. The van der Waals surface area contributed by atoms with E-state index in [-0.39, 0.29) is 23.8 Å². The quantitative estimate of drug-likeness (QED) is 0.734. The first-order valence-corrected chi connectivity index (χ1v) is 6.93. The Hall–Kier alpha value is -1.10. The molecule has 0 aromatic carbocycles. The Morgan fingerprint density at radius 1 is 1.22 bits per heavy atom. The molecule has 18 heavy (non-hydrogen) atoms. The first-order valence-electron chi connectivity index (χ1n) is 6.93. The van der Waals surface area contributed by atoms with Gasteiger partial charge in [0.25, 0.3) is 0 Å². The summed E-state index contributed by atoms with van der Waals surface area (Å²) in [7, 11) is 0. The van der Waals surface area contributed by atoms with Crippen LogP contribution in [0.3, 0.4) is 0 Å². The summed E-state index contributed by atoms with van der Waals surface area (Å²) in [4.78, 5) is 25.1. The lowest BCUT2D eigenvalue weighted by molar-refractivity contribution is -0.130. The molecule has 1 unspecified atom stereocenters. The van der Waals surface area contributed by atoms with Gasteiger partial charge in [-0.15, -0.1) is 0 Å². The van der Waals surface area contributed by atoms with Crippen LogP contribution in [-0.2, 0) is 9.59 Å². The van der Waals surface area contributed by atoms with Gasteiger partial charge in [0.1, 0.15) is 0 Å². The van der Waals surface area contributed by atoms with Crippen LogP contribution in [0.2, 0.25) is 0 Å². The van der Waals surface area contributed by atoms with Gasteiger partial charge < -0.3 is 15.5 Å². The van der Waals surface area contributed by atoms with E-state index in [1.165, 1.54) is 0 Å². The van der Waals surface area contributed by atoms with E-state index >= 15 is 0 Å². The first-order chi connectivity index (χ1) is 8.66. The van der Waals surface area contributed by atoms with Gasteiger partial charge >= 0.3 is 0 Å². The highest BCUT2D eigenvalue weighted by atomic mass is 16.2. The second-order valence-corrected chi connectivity index (χ2v) is 5.33. The molecule has 0 aliphatic carbocycles. The van der Waals surface area contributed by atoms with E-state index in [1.807, 2.05) is 4.90 Å². The third kappa shape index (κ3) is 3.45. The van der Waals surface area contributed by atoms with E-state index in [2.05, 4.69) is 10.6 Å². The Morgan fingerprint density at radius 3 is 2.50 bits per heavy atom. The summed E-state index contributed by atoms with van der Waals surface area (Å²) in [6.45, 7) is 4.97. The van der Waals surface area contributed by atoms with Gasteiger partial charge in [0, 0.05) is 32.6 Å². The molecule has 0 bridgehead atoms. The van der Waals surface area contributed by atoms with E-state index in [9.17, 15) is 9.59 Å². The van der Waals surface area contributed by atoms with Crippen molar-refractivity contribution in [1.82, 2.24) is 15.5 Å². The number of piperidine rings is 2. The van der Waals surface area contributed by atoms with E-state index in [1.54, 1.807) is 6.92 Å². The predicted octanol–water partition coefficient (Wildman–Crippen LogP) is 0.113. The van der Waals surface area contributed by atoms with Gasteiger partial charge in [-0.05, 0) is 32.2 Å². The van der Waals surface area contributed by atoms with E-state index in [4.69, 9.17) is 0 Å². The van der Waals surface area contributed by atoms with Gasteiger partial charge in [-0.25, -0.2) is 0 Å². The monoisotopic (exact) mass is 253 g/mol. The molecule has 2 aliphatic heterocycles. The summed E-state index contributed by atoms with van der Waals surface area (Å²) >= 11 is 0. The Morgan fingerprint density at radius 2 is 1.94 bits per heavy atom. The van der Waals surface area contributed by atoms with Crippen molar-refractivity contribution in [2.45, 2.75) is 38.6 Å². The molecule has 0 radical (unpaired) electrons. The van der Waals surface area contributed by atoms with Crippen LogP contribution in [0.4, 0.5) is 0 Å². The second kappa shape index (κ2) is 6.18. The molecule has 2 fully saturated rings. The summed E-state index contributed by atoms with van der Waals surface area (Å²) < 4.78 is 0. The minimum Gasteiger partial charge on any atom is -0.353 e. The summed E-state index contributed by atoms with van der Waals surface area (Å²) in [6.07, 6.45) is 3.84. The maximum atomic E-state index is 12.1. The van der Waals surface area contributed by atoms with E-state index in [0.29, 0.717) is 0 Å². The lowest BCUT2D eigenvalue weighted by atomic mass is 9.97. The van der Waals surface area contributed by atoms with Crippen LogP contribution < -0.4 is 10.6 Å². The highest BCUT2D eigenvalue weighted by Gasteiger charge is 2.26. The van der Waals surface area contributed by atoms with Crippen molar-refractivity contribution < 1.29 is 9.59 Å². The van der Waals surface area contributed by atoms with Gasteiger partial charge in [-0.1, -0.05) is 0 Å². The molecule has 0 aromatic rings. The zero-order chi connectivity index (χ0) is 13.0. The Bertz CT molecular complexity index is 305. The second-order valence-electron chi connectivity index (χ2n) is 5.33. The van der Waals surface area contributed by atoms with Crippen LogP contribution >= 0.6 is 0 Å². The van der Waals surface area contributed by atoms with Crippen molar-refractivity contribution in [3.8, 4) is 0 Å². The minimum absolute atomic E-state index is 0.129. The molecule has 1 atom stereocenters. The fourth-order valence-corrected chi connectivity index (χ4v) is 2.73. The largest absolute Gasteiger partial charge is 0.353 e. The molecule has 5 nitrogen and oxygen atoms in total. The Labute approximate surface area is 108 Å². The average molecular weight is 253 g/mol. The first kappa shape index (κ1) is 13.3. The normalized spacial score (nSPS) is 25.8. The minimum atomic E-state index is 0.129. The molecule has 2 rings (SSSR count). The number of carbonyl (C=O) groups is 2. The van der Waals surface area contributed by atoms with Crippen molar-refractivity contribution in [3.63, 3.8) is 0 Å². The summed E-state index contributed by atoms with van der Waals surface area (Å²) in [5.41, 5.74) is 0. The van der Waals surface area contributed by atoms with Gasteiger partial charge in [0.2, 0.25) is 11.8 Å². The molecule has 2 amide bonds. The van der Waals surface area contributed by atoms with Crippen molar-refractivity contribution in [3.05, 3.63) is 0 Å². The molecule has 2 saturated heterocycles. The van der Waals surface area contributed by atoms with Crippen LogP contribution in [-0.4, -0.2) is 48.9 Å². The number of likely N-dealkylation sites (tertiary alicyclic amines) is 1. The molecule has 0 saturated carbocycles. The smallest absolute Gasteiger partial charge is 0.224 e. The maximum absolute atomic E-state index is 12.1. The molecule has 102 valence electrons. The fraction of sp³-hybridized carbons (Fsp3) is 0.846. The molecular weight excluding hydrogens is 230 g/mol. The van der Waals surface area contributed by atoms with Crippen LogP contribution in [0.25, 0.3) is 0 Å². The summed E-state index contributed by atoms with van der Waals surface area (Å²) in [5.74, 6) is 0.448. The molecule has 5 heteroatoms. The SMILES string of the molecule is CC(=O)N1CCC(NC(=O)C2CCCNC2)CC1. The highest BCUT2D eigenvalue weighted by molar-refractivity contribution is 5.79. The molecular formula is C13H23N3O2. The molecule has 2 heterocycles. The standard InChI is InChI=1S/C13H23N3O2/c1-10(17)16-7-4-12(5-8-16)15-13(18)11-3-2-6-14-9-11/h11-12,14H,2-9H2,1H3,(H,15,18). The van der Waals surface area contributed by atoms with Gasteiger partial charge in [-0.2, -0.15) is 0 Å². The number of amides is 2. The lowest BCUT2D eigenvalue weighted by Gasteiger charge is -2.33. The zero-order valence-corrected chi connectivity index (χ0v) is 11.1. The van der Waals surface area contributed by atoms with Crippen molar-refractivity contribution >= 4 is 11.8 Å². The third-order valence-corrected chi connectivity index (χ3v) is 3.95. The predicted molar refractivity (Wildman–Crippen MR) is 69.0 cm³/mol. The molecule has 2 aliphatic rings. The van der Waals surface area contributed by atoms with Crippen molar-refractivity contribution in [1.29, 1.82) is 0 Å². The number of nitrogens with one attached hydrogen (secondary N) is 2. The van der Waals surface area contributed by atoms with Crippen LogP contribution in [0.5, 0.6) is 0 Å². The zero-order valence-electron chi connectivity index (χ0n) is 11.1. The number of nitrogens with zero attached hydrogens (tertiary/aromatic N) is 1. The molecule has 0 spiro atoms. The number of hydrogen-bond acceptors (Lipinski definition) is 3. The van der Waals surface area contributed by atoms with Crippen LogP contribution in [0.1, 0.15) is 32.6 Å².